The van der Waals surface area contributed by atoms with E-state index in [1.807, 2.05) is 13.8 Å². The largest absolute Gasteiger partial charge is 0.457 e. The highest BCUT2D eigenvalue weighted by molar-refractivity contribution is 4.95. The average molecular weight is 355 g/mol. The van der Waals surface area contributed by atoms with Crippen molar-refractivity contribution in [2.75, 3.05) is 13.2 Å². The molecule has 148 valence electrons. The first-order chi connectivity index (χ1) is 12.1. The summed E-state index contributed by atoms with van der Waals surface area (Å²) in [5.74, 6) is 0.281. The molecule has 0 radical (unpaired) electrons. The number of rotatable bonds is 17. The smallest absolute Gasteiger partial charge is 0.244 e. The van der Waals surface area contributed by atoms with Crippen LogP contribution in [0.5, 0.6) is 0 Å². The Kier molecular flexibility index (Phi) is 12.9. The van der Waals surface area contributed by atoms with Crippen LogP contribution in [0.2, 0.25) is 0 Å². The summed E-state index contributed by atoms with van der Waals surface area (Å²) in [6, 6.07) is 0. The third kappa shape index (κ3) is 13.2. The molecule has 0 fully saturated rings. The van der Waals surface area contributed by atoms with Gasteiger partial charge in [0.2, 0.25) is 5.79 Å². The van der Waals surface area contributed by atoms with Gasteiger partial charge in [-0.3, -0.25) is 0 Å². The lowest BCUT2D eigenvalue weighted by Crippen LogP contribution is -2.20. The van der Waals surface area contributed by atoms with E-state index >= 15 is 0 Å². The van der Waals surface area contributed by atoms with E-state index in [-0.39, 0.29) is 0 Å². The first-order valence-electron chi connectivity index (χ1n) is 10.8. The zero-order valence-electron chi connectivity index (χ0n) is 17.1. The standard InChI is InChI=1S/C22H42O3/c1-4-5-6-7-8-9-10-11-12-13-14-15-16-17-18-23-19-21-20-24-22(2,3)25-21/h20H,4-19H2,1-3H3. The number of hydrogen-bond donors (Lipinski definition) is 0. The second-order valence-corrected chi connectivity index (χ2v) is 7.85. The predicted octanol–water partition coefficient (Wildman–Crippen LogP) is 7.11. The highest BCUT2D eigenvalue weighted by Crippen LogP contribution is 2.24. The Hall–Kier alpha value is -0.700. The number of hydrogen-bond acceptors (Lipinski definition) is 3. The highest BCUT2D eigenvalue weighted by atomic mass is 16.7. The average Bonchev–Trinajstić information content (AvgIpc) is 2.93. The Morgan fingerprint density at radius 2 is 1.24 bits per heavy atom. The Bertz CT molecular complexity index is 336. The van der Waals surface area contributed by atoms with E-state index in [0.717, 1.165) is 18.8 Å². The van der Waals surface area contributed by atoms with Crippen LogP contribution < -0.4 is 0 Å². The van der Waals surface area contributed by atoms with E-state index in [9.17, 15) is 0 Å². The van der Waals surface area contributed by atoms with Crippen molar-refractivity contribution in [2.24, 2.45) is 0 Å². The van der Waals surface area contributed by atoms with Crippen LogP contribution in [0.3, 0.4) is 0 Å². The van der Waals surface area contributed by atoms with E-state index in [1.165, 1.54) is 83.5 Å². The van der Waals surface area contributed by atoms with E-state index in [1.54, 1.807) is 6.26 Å². The van der Waals surface area contributed by atoms with Gasteiger partial charge in [0.15, 0.2) is 5.76 Å². The van der Waals surface area contributed by atoms with Gasteiger partial charge in [-0.25, -0.2) is 0 Å². The number of ether oxygens (including phenoxy) is 3. The van der Waals surface area contributed by atoms with Crippen LogP contribution in [-0.4, -0.2) is 19.0 Å². The molecule has 1 aliphatic heterocycles. The zero-order valence-corrected chi connectivity index (χ0v) is 17.1. The molecule has 1 rings (SSSR count). The third-order valence-corrected chi connectivity index (χ3v) is 4.74. The molecule has 0 bridgehead atoms. The maximum Gasteiger partial charge on any atom is 0.244 e. The lowest BCUT2D eigenvalue weighted by atomic mass is 10.0. The molecule has 0 N–H and O–H groups in total. The van der Waals surface area contributed by atoms with E-state index in [0.29, 0.717) is 6.61 Å². The van der Waals surface area contributed by atoms with Gasteiger partial charge in [-0.05, 0) is 6.42 Å². The molecule has 0 aromatic carbocycles. The number of unbranched alkanes of at least 4 members (excludes halogenated alkanes) is 13. The molecule has 1 aliphatic rings. The summed E-state index contributed by atoms with van der Waals surface area (Å²) < 4.78 is 16.6. The minimum atomic E-state index is -0.520. The van der Waals surface area contributed by atoms with Crippen LogP contribution in [0, 0.1) is 0 Å². The fourth-order valence-electron chi connectivity index (χ4n) is 3.21. The molecule has 1 heterocycles. The van der Waals surface area contributed by atoms with Crippen LogP contribution in [-0.2, 0) is 14.2 Å². The molecule has 0 aliphatic carbocycles. The molecule has 0 spiro atoms. The molecule has 0 saturated heterocycles. The van der Waals surface area contributed by atoms with E-state index < -0.39 is 5.79 Å². The Labute approximate surface area is 156 Å². The molecular weight excluding hydrogens is 312 g/mol. The van der Waals surface area contributed by atoms with Crippen molar-refractivity contribution in [3.8, 4) is 0 Å². The Morgan fingerprint density at radius 1 is 0.760 bits per heavy atom. The van der Waals surface area contributed by atoms with Gasteiger partial charge in [-0.2, -0.15) is 0 Å². The topological polar surface area (TPSA) is 27.7 Å². The van der Waals surface area contributed by atoms with Crippen molar-refractivity contribution in [2.45, 2.75) is 116 Å². The summed E-state index contributed by atoms with van der Waals surface area (Å²) in [6.45, 7) is 7.45. The van der Waals surface area contributed by atoms with Crippen molar-refractivity contribution in [3.05, 3.63) is 12.0 Å². The molecule has 0 saturated carbocycles. The Morgan fingerprint density at radius 3 is 1.68 bits per heavy atom. The molecule has 0 unspecified atom stereocenters. The minimum Gasteiger partial charge on any atom is -0.457 e. The van der Waals surface area contributed by atoms with Gasteiger partial charge in [0, 0.05) is 20.5 Å². The second kappa shape index (κ2) is 14.5. The van der Waals surface area contributed by atoms with Crippen molar-refractivity contribution in [1.82, 2.24) is 0 Å². The lowest BCUT2D eigenvalue weighted by Gasteiger charge is -2.18. The monoisotopic (exact) mass is 354 g/mol. The second-order valence-electron chi connectivity index (χ2n) is 7.85. The van der Waals surface area contributed by atoms with E-state index in [2.05, 4.69) is 6.92 Å². The molecule has 0 amide bonds. The molecule has 0 aromatic rings. The summed E-state index contributed by atoms with van der Waals surface area (Å²) >= 11 is 0. The molecule has 25 heavy (non-hydrogen) atoms. The SMILES string of the molecule is CCCCCCCCCCCCCCCCOCC1=COC(C)(C)O1. The maximum absolute atomic E-state index is 5.64. The predicted molar refractivity (Wildman–Crippen MR) is 105 cm³/mol. The summed E-state index contributed by atoms with van der Waals surface area (Å²) in [5.41, 5.74) is 0. The third-order valence-electron chi connectivity index (χ3n) is 4.74. The van der Waals surface area contributed by atoms with Gasteiger partial charge in [0.25, 0.3) is 0 Å². The molecule has 0 aromatic heterocycles. The zero-order chi connectivity index (χ0) is 18.2. The molecular formula is C22H42O3. The summed E-state index contributed by atoms with van der Waals surface area (Å²) in [4.78, 5) is 0. The minimum absolute atomic E-state index is 0.520. The summed E-state index contributed by atoms with van der Waals surface area (Å²) in [5, 5.41) is 0. The van der Waals surface area contributed by atoms with Crippen LogP contribution in [0.25, 0.3) is 0 Å². The molecule has 3 nitrogen and oxygen atoms in total. The van der Waals surface area contributed by atoms with Crippen molar-refractivity contribution >= 4 is 0 Å². The van der Waals surface area contributed by atoms with Gasteiger partial charge in [-0.1, -0.05) is 90.4 Å². The highest BCUT2D eigenvalue weighted by Gasteiger charge is 2.27. The normalized spacial score (nSPS) is 15.7. The first kappa shape index (κ1) is 22.3. The lowest BCUT2D eigenvalue weighted by molar-refractivity contribution is -0.121. The van der Waals surface area contributed by atoms with Crippen LogP contribution in [0.1, 0.15) is 111 Å². The summed E-state index contributed by atoms with van der Waals surface area (Å²) in [7, 11) is 0. The van der Waals surface area contributed by atoms with Crippen LogP contribution in [0.15, 0.2) is 12.0 Å². The van der Waals surface area contributed by atoms with Gasteiger partial charge in [-0.15, -0.1) is 0 Å². The van der Waals surface area contributed by atoms with Crippen LogP contribution in [0.4, 0.5) is 0 Å². The quantitative estimate of drug-likeness (QED) is 0.260. The van der Waals surface area contributed by atoms with Gasteiger partial charge < -0.3 is 14.2 Å². The fraction of sp³-hybridized carbons (Fsp3) is 0.909. The van der Waals surface area contributed by atoms with Gasteiger partial charge in [0.05, 0.1) is 0 Å². The maximum atomic E-state index is 5.64. The Balaban J connectivity index is 1.71. The van der Waals surface area contributed by atoms with E-state index in [4.69, 9.17) is 14.2 Å². The van der Waals surface area contributed by atoms with Crippen molar-refractivity contribution in [3.63, 3.8) is 0 Å². The fourth-order valence-corrected chi connectivity index (χ4v) is 3.21. The molecule has 3 heteroatoms. The van der Waals surface area contributed by atoms with Crippen LogP contribution >= 0.6 is 0 Å². The van der Waals surface area contributed by atoms with Gasteiger partial charge >= 0.3 is 0 Å². The van der Waals surface area contributed by atoms with Crippen molar-refractivity contribution < 1.29 is 14.2 Å². The summed E-state index contributed by atoms with van der Waals surface area (Å²) in [6.07, 6.45) is 21.1. The van der Waals surface area contributed by atoms with Crippen molar-refractivity contribution in [1.29, 1.82) is 0 Å². The first-order valence-corrected chi connectivity index (χ1v) is 10.8. The molecule has 0 atom stereocenters. The van der Waals surface area contributed by atoms with Gasteiger partial charge in [0.1, 0.15) is 12.9 Å².